The molecule has 9 heteroatoms. The Hall–Kier alpha value is -3.20. The van der Waals surface area contributed by atoms with Gasteiger partial charge in [0.05, 0.1) is 17.9 Å². The van der Waals surface area contributed by atoms with Crippen molar-refractivity contribution in [2.45, 2.75) is 17.4 Å². The Morgan fingerprint density at radius 1 is 1.07 bits per heavy atom. The maximum Gasteiger partial charge on any atom is 0.308 e. The summed E-state index contributed by atoms with van der Waals surface area (Å²) in [6.07, 6.45) is -1.14. The van der Waals surface area contributed by atoms with Gasteiger partial charge in [-0.05, 0) is 12.1 Å². The number of benzene rings is 2. The van der Waals surface area contributed by atoms with Gasteiger partial charge in [-0.2, -0.15) is 0 Å². The monoisotopic (exact) mass is 415 g/mol. The van der Waals surface area contributed by atoms with E-state index in [-0.39, 0.29) is 29.6 Å². The number of amides is 1. The minimum atomic E-state index is -3.63. The largest absolute Gasteiger partial charge is 0.447 e. The molecule has 8 nitrogen and oxygen atoms in total. The number of nitrogens with one attached hydrogen (secondary N) is 1. The number of nitrogens with zero attached hydrogens (tertiary/aromatic N) is 2. The lowest BCUT2D eigenvalue weighted by molar-refractivity contribution is -0.159. The zero-order valence-corrected chi connectivity index (χ0v) is 16.8. The van der Waals surface area contributed by atoms with Gasteiger partial charge in [-0.3, -0.25) is 19.3 Å². The van der Waals surface area contributed by atoms with Gasteiger partial charge in [0.1, 0.15) is 5.84 Å². The van der Waals surface area contributed by atoms with E-state index in [9.17, 15) is 18.0 Å². The number of carbonyl (C=O) groups is 2. The Balaban J connectivity index is 1.68. The lowest BCUT2D eigenvalue weighted by Gasteiger charge is -2.21. The summed E-state index contributed by atoms with van der Waals surface area (Å²) in [5.74, 6) is -0.765. The number of sulfonamides is 1. The molecule has 29 heavy (non-hydrogen) atoms. The minimum Gasteiger partial charge on any atom is -0.447 e. The maximum absolute atomic E-state index is 12.4. The second kappa shape index (κ2) is 8.44. The highest BCUT2D eigenvalue weighted by molar-refractivity contribution is 7.90. The molecule has 0 aliphatic carbocycles. The molecule has 0 aromatic heterocycles. The van der Waals surface area contributed by atoms with Gasteiger partial charge in [-0.1, -0.05) is 42.5 Å². The van der Waals surface area contributed by atoms with Crippen molar-refractivity contribution in [3.63, 3.8) is 0 Å². The highest BCUT2D eigenvalue weighted by atomic mass is 32.2. The molecule has 2 aromatic carbocycles. The molecule has 152 valence electrons. The highest BCUT2D eigenvalue weighted by Gasteiger charge is 2.30. The van der Waals surface area contributed by atoms with Crippen LogP contribution in [0.2, 0.25) is 0 Å². The fraction of sp³-hybridized carbons (Fsp3) is 0.250. The number of esters is 1. The molecule has 0 unspecified atom stereocenters. The molecule has 0 fully saturated rings. The molecule has 1 aliphatic rings. The Bertz CT molecular complexity index is 1050. The fourth-order valence-electron chi connectivity index (χ4n) is 2.82. The van der Waals surface area contributed by atoms with Crippen molar-refractivity contribution in [1.82, 2.24) is 9.62 Å². The van der Waals surface area contributed by atoms with Crippen LogP contribution in [0.1, 0.15) is 23.7 Å². The van der Waals surface area contributed by atoms with E-state index >= 15 is 0 Å². The molecule has 0 saturated heterocycles. The molecular weight excluding hydrogens is 394 g/mol. The van der Waals surface area contributed by atoms with E-state index in [0.717, 1.165) is 0 Å². The van der Waals surface area contributed by atoms with Gasteiger partial charge in [0.15, 0.2) is 0 Å². The van der Waals surface area contributed by atoms with E-state index < -0.39 is 22.1 Å². The van der Waals surface area contributed by atoms with Gasteiger partial charge in [0, 0.05) is 25.2 Å². The topological polar surface area (TPSA) is 105 Å². The number of fused-ring (bicyclic) bond motifs is 1. The average molecular weight is 415 g/mol. The fourth-order valence-corrected chi connectivity index (χ4v) is 4.07. The Kier molecular flexibility index (Phi) is 5.97. The Labute approximate surface area is 169 Å². The van der Waals surface area contributed by atoms with Gasteiger partial charge in [-0.25, -0.2) is 8.42 Å². The normalized spacial score (nSPS) is 16.6. The molecule has 2 aromatic rings. The number of hydrogen-bond acceptors (Lipinski definition) is 6. The first kappa shape index (κ1) is 20.5. The van der Waals surface area contributed by atoms with Crippen LogP contribution in [0.4, 0.5) is 0 Å². The van der Waals surface area contributed by atoms with E-state index in [2.05, 4.69) is 9.71 Å². The number of hydrogen-bond donors (Lipinski definition) is 1. The molecule has 1 atom stereocenters. The smallest absolute Gasteiger partial charge is 0.308 e. The van der Waals surface area contributed by atoms with Gasteiger partial charge in [0.2, 0.25) is 6.10 Å². The molecule has 3 rings (SSSR count). The van der Waals surface area contributed by atoms with Crippen LogP contribution in [-0.4, -0.2) is 51.7 Å². The number of rotatable bonds is 6. The summed E-state index contributed by atoms with van der Waals surface area (Å²) in [7, 11) is -0.458. The third-order valence-electron chi connectivity index (χ3n) is 4.27. The van der Waals surface area contributed by atoms with Crippen molar-refractivity contribution in [1.29, 1.82) is 0 Å². The van der Waals surface area contributed by atoms with E-state index in [4.69, 9.17) is 4.74 Å². The summed E-state index contributed by atoms with van der Waals surface area (Å²) in [6.45, 7) is 0.0166. The lowest BCUT2D eigenvalue weighted by Crippen LogP contribution is -2.31. The first-order valence-electron chi connectivity index (χ1n) is 8.92. The van der Waals surface area contributed by atoms with Crippen LogP contribution in [-0.2, 0) is 24.3 Å². The highest BCUT2D eigenvalue weighted by Crippen LogP contribution is 2.23. The molecule has 0 spiro atoms. The molecule has 0 saturated carbocycles. The number of likely N-dealkylation sites (N-methyl/N-ethyl adjacent to an activating group) is 1. The predicted octanol–water partition coefficient (Wildman–Crippen LogP) is 1.49. The van der Waals surface area contributed by atoms with Crippen LogP contribution < -0.4 is 4.72 Å². The van der Waals surface area contributed by atoms with Crippen molar-refractivity contribution in [3.8, 4) is 0 Å². The summed E-state index contributed by atoms with van der Waals surface area (Å²) in [6, 6.07) is 15.2. The number of ether oxygens (including phenoxy) is 1. The lowest BCUT2D eigenvalue weighted by atomic mass is 10.1. The van der Waals surface area contributed by atoms with Gasteiger partial charge < -0.3 is 9.64 Å². The zero-order valence-electron chi connectivity index (χ0n) is 16.0. The quantitative estimate of drug-likeness (QED) is 0.720. The van der Waals surface area contributed by atoms with Crippen LogP contribution in [0.25, 0.3) is 0 Å². The molecule has 1 aliphatic heterocycles. The Morgan fingerprint density at radius 2 is 1.72 bits per heavy atom. The van der Waals surface area contributed by atoms with Crippen LogP contribution >= 0.6 is 0 Å². The summed E-state index contributed by atoms with van der Waals surface area (Å²) < 4.78 is 31.9. The summed E-state index contributed by atoms with van der Waals surface area (Å²) >= 11 is 0. The zero-order chi connectivity index (χ0) is 21.0. The van der Waals surface area contributed by atoms with Crippen molar-refractivity contribution < 1.29 is 22.7 Å². The maximum atomic E-state index is 12.4. The summed E-state index contributed by atoms with van der Waals surface area (Å²) in [4.78, 5) is 30.4. The first-order chi connectivity index (χ1) is 13.8. The standard InChI is InChI=1S/C20H21N3O5S/c1-23(2)20(25)18(14-8-4-3-5-9-14)28-17(24)12-13-21-19-15-10-6-7-11-16(15)29(26,27)22-19/h3-11,18H,12-13H2,1-2H3,(H,21,22)/t18-/m0/s1. The van der Waals surface area contributed by atoms with Crippen molar-refractivity contribution in [2.75, 3.05) is 20.6 Å². The van der Waals surface area contributed by atoms with Crippen molar-refractivity contribution in [3.05, 3.63) is 65.7 Å². The summed E-state index contributed by atoms with van der Waals surface area (Å²) in [5.41, 5.74) is 1.04. The number of amidine groups is 1. The van der Waals surface area contributed by atoms with Gasteiger partial charge in [-0.15, -0.1) is 0 Å². The molecule has 1 amide bonds. The number of carbonyl (C=O) groups excluding carboxylic acids is 2. The van der Waals surface area contributed by atoms with Crippen molar-refractivity contribution in [2.24, 2.45) is 4.99 Å². The third kappa shape index (κ3) is 4.62. The molecule has 1 N–H and O–H groups in total. The Morgan fingerprint density at radius 3 is 2.41 bits per heavy atom. The van der Waals surface area contributed by atoms with E-state index in [1.54, 1.807) is 62.6 Å². The number of aliphatic imine (C=N–C) groups is 1. The van der Waals surface area contributed by atoms with Crippen LogP contribution in [0.3, 0.4) is 0 Å². The molecule has 0 radical (unpaired) electrons. The minimum absolute atomic E-state index is 0.0166. The van der Waals surface area contributed by atoms with E-state index in [0.29, 0.717) is 11.1 Å². The summed E-state index contributed by atoms with van der Waals surface area (Å²) in [5, 5.41) is 0. The van der Waals surface area contributed by atoms with E-state index in [1.807, 2.05) is 0 Å². The SMILES string of the molecule is CN(C)C(=O)[C@@H](OC(=O)CCN=C1NS(=O)(=O)c2ccccc21)c1ccccc1. The second-order valence-corrected chi connectivity index (χ2v) is 8.25. The van der Waals surface area contributed by atoms with Crippen LogP contribution in [0.15, 0.2) is 64.5 Å². The van der Waals surface area contributed by atoms with Crippen LogP contribution in [0, 0.1) is 0 Å². The first-order valence-corrected chi connectivity index (χ1v) is 10.4. The molecular formula is C20H21N3O5S. The second-order valence-electron chi connectivity index (χ2n) is 6.60. The molecule has 1 heterocycles. The van der Waals surface area contributed by atoms with E-state index in [1.165, 1.54) is 11.0 Å². The third-order valence-corrected chi connectivity index (χ3v) is 5.66. The molecule has 0 bridgehead atoms. The van der Waals surface area contributed by atoms with Gasteiger partial charge >= 0.3 is 5.97 Å². The van der Waals surface area contributed by atoms with Crippen molar-refractivity contribution >= 4 is 27.7 Å². The van der Waals surface area contributed by atoms with Crippen LogP contribution in [0.5, 0.6) is 0 Å². The predicted molar refractivity (Wildman–Crippen MR) is 107 cm³/mol. The average Bonchev–Trinajstić information content (AvgIpc) is 2.97. The van der Waals surface area contributed by atoms with Gasteiger partial charge in [0.25, 0.3) is 15.9 Å².